The number of carbonyl (C=O) groups excluding carboxylic acids is 5. The van der Waals surface area contributed by atoms with E-state index in [1.54, 1.807) is 11.8 Å². The van der Waals surface area contributed by atoms with Crippen molar-refractivity contribution in [1.82, 2.24) is 21.0 Å². The van der Waals surface area contributed by atoms with E-state index >= 15 is 0 Å². The Morgan fingerprint density at radius 1 is 1.14 bits per heavy atom. The molecular weight excluding hydrogens is 527 g/mol. The van der Waals surface area contributed by atoms with Crippen molar-refractivity contribution in [3.05, 3.63) is 0 Å². The number of nitrogens with one attached hydrogen (secondary N) is 3. The van der Waals surface area contributed by atoms with Crippen LogP contribution in [0.4, 0.5) is 4.79 Å². The van der Waals surface area contributed by atoms with Crippen molar-refractivity contribution >= 4 is 81.7 Å². The van der Waals surface area contributed by atoms with E-state index < -0.39 is 52.5 Å². The number of hydroxylamine groups is 2. The van der Waals surface area contributed by atoms with Crippen LogP contribution in [0.25, 0.3) is 0 Å². The third-order valence-corrected chi connectivity index (χ3v) is 8.78. The Morgan fingerprint density at radius 2 is 1.83 bits per heavy atom. The second kappa shape index (κ2) is 14.3. The number of ketones is 2. The molecule has 4 atom stereocenters. The van der Waals surface area contributed by atoms with E-state index in [1.165, 1.54) is 5.06 Å². The fourth-order valence-electron chi connectivity index (χ4n) is 4.26. The molecular formula is C20H33N4NaO9S2. The predicted octanol–water partition coefficient (Wildman–Crippen LogP) is -0.146. The van der Waals surface area contributed by atoms with Crippen LogP contribution in [0.15, 0.2) is 0 Å². The Kier molecular flexibility index (Phi) is 12.4. The first kappa shape index (κ1) is 31.3. The first-order valence-electron chi connectivity index (χ1n) is 11.5. The number of hydrogen-bond acceptors (Lipinski definition) is 11. The van der Waals surface area contributed by atoms with Crippen LogP contribution in [0.5, 0.6) is 0 Å². The van der Waals surface area contributed by atoms with E-state index in [1.807, 2.05) is 0 Å². The molecule has 0 aromatic rings. The van der Waals surface area contributed by atoms with E-state index in [-0.39, 0.29) is 59.3 Å². The van der Waals surface area contributed by atoms with E-state index in [2.05, 4.69) is 16.0 Å². The number of carbonyl (C=O) groups is 5. The standard InChI is InChI=1S/C20H32N4O9S2.Na.H/c25-12(9-15(35(30,31)32)18(27)19(28)33-24-7-3-4-8-24)10-21-16(26)6-2-1-5-14-17-13(11-34-14)22-20(29)23-17;;/h13-15,17,30-32H,1-11H2,(H,21,26)(H2,22,23,29);;/t13-,14?,15?,17-;;/m0../s1. The molecule has 0 aromatic carbocycles. The van der Waals surface area contributed by atoms with Gasteiger partial charge in [-0.15, -0.1) is 5.06 Å². The number of Topliss-reactive ketones (excluding diaryl/α,β-unsaturated/α-hetero) is 2. The zero-order chi connectivity index (χ0) is 25.6. The molecule has 3 amide bonds. The summed E-state index contributed by atoms with van der Waals surface area (Å²) in [5.74, 6) is -3.09. The molecule has 3 fully saturated rings. The van der Waals surface area contributed by atoms with Crippen molar-refractivity contribution in [2.45, 2.75) is 67.5 Å². The summed E-state index contributed by atoms with van der Waals surface area (Å²) in [6.45, 7) is 0.371. The van der Waals surface area contributed by atoms with E-state index in [0.29, 0.717) is 19.5 Å². The van der Waals surface area contributed by atoms with Gasteiger partial charge in [0.2, 0.25) is 5.91 Å². The summed E-state index contributed by atoms with van der Waals surface area (Å²) >= 11 is 1.79. The number of rotatable bonds is 13. The maximum absolute atomic E-state index is 12.3. The maximum atomic E-state index is 12.3. The number of thioether (sulfide) groups is 1. The molecule has 200 valence electrons. The number of unbranched alkanes of at least 4 members (excludes halogenated alkanes) is 1. The molecule has 16 heteroatoms. The molecule has 0 saturated carbocycles. The molecule has 0 aliphatic carbocycles. The fourth-order valence-corrected chi connectivity index (χ4v) is 6.60. The summed E-state index contributed by atoms with van der Waals surface area (Å²) < 4.78 is 28.7. The van der Waals surface area contributed by atoms with E-state index in [4.69, 9.17) is 4.84 Å². The monoisotopic (exact) mass is 560 g/mol. The van der Waals surface area contributed by atoms with Crippen molar-refractivity contribution in [2.75, 3.05) is 25.4 Å². The Morgan fingerprint density at radius 3 is 2.50 bits per heavy atom. The summed E-state index contributed by atoms with van der Waals surface area (Å²) in [5, 5.41) is 7.66. The molecule has 3 saturated heterocycles. The fraction of sp³-hybridized carbons (Fsp3) is 0.750. The van der Waals surface area contributed by atoms with Crippen LogP contribution >= 0.6 is 22.6 Å². The average Bonchev–Trinajstić information content (AvgIpc) is 3.51. The molecule has 6 N–H and O–H groups in total. The molecule has 3 rings (SSSR count). The topological polar surface area (TPSA) is 195 Å². The molecule has 3 aliphatic heterocycles. The molecule has 0 aromatic heterocycles. The average molecular weight is 561 g/mol. The van der Waals surface area contributed by atoms with Crippen LogP contribution in [0.3, 0.4) is 0 Å². The molecule has 13 nitrogen and oxygen atoms in total. The molecule has 0 bridgehead atoms. The molecule has 36 heavy (non-hydrogen) atoms. The summed E-state index contributed by atoms with van der Waals surface area (Å²) in [6, 6.07) is 0.0900. The minimum absolute atomic E-state index is 0. The first-order chi connectivity index (χ1) is 16.5. The number of nitrogens with zero attached hydrogens (tertiary/aromatic N) is 1. The summed E-state index contributed by atoms with van der Waals surface area (Å²) in [7, 11) is -4.55. The van der Waals surface area contributed by atoms with Gasteiger partial charge in [0.1, 0.15) is 5.25 Å². The third-order valence-electron chi connectivity index (χ3n) is 6.13. The number of hydrogen-bond donors (Lipinski definition) is 6. The van der Waals surface area contributed by atoms with Crippen LogP contribution in [0.2, 0.25) is 0 Å². The zero-order valence-electron chi connectivity index (χ0n) is 19.1. The number of amides is 3. The van der Waals surface area contributed by atoms with Crippen molar-refractivity contribution in [3.8, 4) is 0 Å². The molecule has 3 heterocycles. The Bertz CT molecular complexity index is 838. The summed E-state index contributed by atoms with van der Waals surface area (Å²) in [5.41, 5.74) is 0. The molecule has 0 radical (unpaired) electrons. The van der Waals surface area contributed by atoms with Crippen LogP contribution < -0.4 is 16.0 Å². The first-order valence-corrected chi connectivity index (χ1v) is 14.1. The zero-order valence-corrected chi connectivity index (χ0v) is 20.8. The van der Waals surface area contributed by atoms with Crippen LogP contribution in [0, 0.1) is 0 Å². The minimum atomic E-state index is -4.55. The van der Waals surface area contributed by atoms with Gasteiger partial charge in [0.15, 0.2) is 5.78 Å². The SMILES string of the molecule is O=C(CNC(=O)CCCCC1SC[C@@H]2NC(=O)N[C@H]12)CC(C(=O)C(=O)ON1CCCC1)S(O)(O)O.[NaH]. The molecule has 0 spiro atoms. The molecule has 2 unspecified atom stereocenters. The summed E-state index contributed by atoms with van der Waals surface area (Å²) in [6.07, 6.45) is 3.06. The van der Waals surface area contributed by atoms with Crippen molar-refractivity contribution in [2.24, 2.45) is 0 Å². The van der Waals surface area contributed by atoms with Crippen molar-refractivity contribution < 1.29 is 42.5 Å². The van der Waals surface area contributed by atoms with Gasteiger partial charge in [-0.25, -0.2) is 9.59 Å². The Hall–Kier alpha value is -0.910. The van der Waals surface area contributed by atoms with Gasteiger partial charge in [-0.1, -0.05) is 6.42 Å². The van der Waals surface area contributed by atoms with Gasteiger partial charge >= 0.3 is 41.6 Å². The van der Waals surface area contributed by atoms with Crippen LogP contribution in [-0.4, -0.2) is 126 Å². The second-order valence-corrected chi connectivity index (χ2v) is 11.8. The van der Waals surface area contributed by atoms with Crippen LogP contribution in [0.1, 0.15) is 44.9 Å². The third kappa shape index (κ3) is 9.13. The summed E-state index contributed by atoms with van der Waals surface area (Å²) in [4.78, 5) is 64.9. The van der Waals surface area contributed by atoms with Gasteiger partial charge in [0.25, 0.3) is 5.78 Å². The normalized spacial score (nSPS) is 24.6. The van der Waals surface area contributed by atoms with Gasteiger partial charge in [-0.2, -0.15) is 11.8 Å². The Labute approximate surface area is 237 Å². The van der Waals surface area contributed by atoms with Crippen LogP contribution in [-0.2, 0) is 24.0 Å². The van der Waals surface area contributed by atoms with E-state index in [9.17, 15) is 37.6 Å². The Balaban J connectivity index is 0.00000456. The number of urea groups is 1. The van der Waals surface area contributed by atoms with Crippen molar-refractivity contribution in [1.29, 1.82) is 0 Å². The van der Waals surface area contributed by atoms with Gasteiger partial charge in [0.05, 0.1) is 29.5 Å². The second-order valence-electron chi connectivity index (χ2n) is 8.82. The molecule has 3 aliphatic rings. The van der Waals surface area contributed by atoms with Crippen molar-refractivity contribution in [3.63, 3.8) is 0 Å². The van der Waals surface area contributed by atoms with Gasteiger partial charge in [-0.3, -0.25) is 14.4 Å². The van der Waals surface area contributed by atoms with Gasteiger partial charge in [0, 0.05) is 36.9 Å². The van der Waals surface area contributed by atoms with Gasteiger partial charge in [-0.05, 0) is 25.7 Å². The quantitative estimate of drug-likeness (QED) is 0.0759. The predicted molar refractivity (Wildman–Crippen MR) is 135 cm³/mol. The van der Waals surface area contributed by atoms with Gasteiger partial charge < -0.3 is 34.4 Å². The van der Waals surface area contributed by atoms with E-state index in [0.717, 1.165) is 31.4 Å². The number of fused-ring (bicyclic) bond motifs is 1.